The third kappa shape index (κ3) is 5.17. The zero-order chi connectivity index (χ0) is 21.9. The number of benzene rings is 1. The minimum absolute atomic E-state index is 0.0788. The van der Waals surface area contributed by atoms with Gasteiger partial charge in [0.25, 0.3) is 0 Å². The van der Waals surface area contributed by atoms with Gasteiger partial charge in [0.15, 0.2) is 0 Å². The molecule has 2 heterocycles. The molecule has 1 N–H and O–H groups in total. The lowest BCUT2D eigenvalue weighted by atomic mass is 9.94. The molecule has 162 valence electrons. The molecule has 30 heavy (non-hydrogen) atoms. The normalized spacial score (nSPS) is 13.9. The number of hydrogen-bond donors (Lipinski definition) is 1. The zero-order valence-electron chi connectivity index (χ0n) is 17.0. The molecule has 0 aliphatic carbocycles. The van der Waals surface area contributed by atoms with E-state index < -0.39 is 15.8 Å². The Morgan fingerprint density at radius 2 is 2.10 bits per heavy atom. The van der Waals surface area contributed by atoms with Gasteiger partial charge in [-0.1, -0.05) is 24.6 Å². The number of halogens is 2. The van der Waals surface area contributed by atoms with Gasteiger partial charge in [-0.15, -0.1) is 0 Å². The number of sulfonamides is 1. The number of fused-ring (bicyclic) bond motifs is 1. The Morgan fingerprint density at radius 3 is 2.80 bits per heavy atom. The monoisotopic (exact) mass is 453 g/mol. The summed E-state index contributed by atoms with van der Waals surface area (Å²) in [4.78, 5) is 18.8. The second-order valence-corrected chi connectivity index (χ2v) is 9.74. The fourth-order valence-corrected chi connectivity index (χ4v) is 4.93. The summed E-state index contributed by atoms with van der Waals surface area (Å²) in [6.45, 7) is 4.67. The molecule has 0 saturated heterocycles. The van der Waals surface area contributed by atoms with E-state index in [0.29, 0.717) is 25.9 Å². The molecule has 1 aliphatic heterocycles. The van der Waals surface area contributed by atoms with Crippen LogP contribution in [0.2, 0.25) is 5.02 Å². The minimum atomic E-state index is -3.33. The van der Waals surface area contributed by atoms with E-state index in [0.717, 1.165) is 22.4 Å². The van der Waals surface area contributed by atoms with Crippen molar-refractivity contribution in [3.8, 4) is 0 Å². The summed E-state index contributed by atoms with van der Waals surface area (Å²) in [6, 6.07) is 4.36. The average molecular weight is 454 g/mol. The van der Waals surface area contributed by atoms with Crippen molar-refractivity contribution in [3.63, 3.8) is 0 Å². The Morgan fingerprint density at radius 1 is 1.33 bits per heavy atom. The van der Waals surface area contributed by atoms with Gasteiger partial charge in [-0.3, -0.25) is 9.78 Å². The van der Waals surface area contributed by atoms with Crippen molar-refractivity contribution < 1.29 is 17.6 Å². The number of carbonyl (C=O) groups excluding carboxylic acids is 1. The van der Waals surface area contributed by atoms with Crippen LogP contribution in [0.1, 0.15) is 41.3 Å². The molecular formula is C21H25ClFN3O3S. The molecule has 1 amide bonds. The number of aryl methyl sites for hydroxylation is 1. The number of carbonyl (C=O) groups is 1. The Bertz CT molecular complexity index is 1040. The lowest BCUT2D eigenvalue weighted by Crippen LogP contribution is -2.38. The van der Waals surface area contributed by atoms with Crippen LogP contribution in [0.15, 0.2) is 24.4 Å². The van der Waals surface area contributed by atoms with Crippen LogP contribution in [-0.4, -0.2) is 36.5 Å². The van der Waals surface area contributed by atoms with Gasteiger partial charge in [0.05, 0.1) is 12.2 Å². The van der Waals surface area contributed by atoms with Gasteiger partial charge < -0.3 is 4.90 Å². The van der Waals surface area contributed by atoms with E-state index in [1.54, 1.807) is 17.2 Å². The molecule has 1 aliphatic rings. The Balaban J connectivity index is 1.75. The van der Waals surface area contributed by atoms with Crippen LogP contribution >= 0.6 is 11.6 Å². The number of nitrogens with one attached hydrogen (secondary N) is 1. The third-order valence-electron chi connectivity index (χ3n) is 5.28. The molecule has 0 spiro atoms. The van der Waals surface area contributed by atoms with Crippen molar-refractivity contribution in [2.75, 3.05) is 12.3 Å². The molecule has 9 heteroatoms. The molecule has 0 saturated carbocycles. The molecule has 0 unspecified atom stereocenters. The molecule has 0 radical (unpaired) electrons. The van der Waals surface area contributed by atoms with Crippen LogP contribution in [0.25, 0.3) is 0 Å². The van der Waals surface area contributed by atoms with Gasteiger partial charge >= 0.3 is 0 Å². The highest BCUT2D eigenvalue weighted by atomic mass is 35.5. The summed E-state index contributed by atoms with van der Waals surface area (Å²) in [7, 11) is -3.33. The van der Waals surface area contributed by atoms with E-state index in [9.17, 15) is 17.6 Å². The number of aromatic nitrogens is 1. The molecule has 1 aromatic carbocycles. The molecule has 3 rings (SSSR count). The maximum atomic E-state index is 14.0. The topological polar surface area (TPSA) is 79.4 Å². The van der Waals surface area contributed by atoms with E-state index in [1.807, 2.05) is 13.8 Å². The summed E-state index contributed by atoms with van der Waals surface area (Å²) < 4.78 is 40.7. The number of hydrogen-bond acceptors (Lipinski definition) is 4. The molecule has 0 bridgehead atoms. The number of pyridine rings is 1. The minimum Gasteiger partial charge on any atom is -0.338 e. The van der Waals surface area contributed by atoms with E-state index in [-0.39, 0.29) is 35.2 Å². The smallest absolute Gasteiger partial charge is 0.227 e. The highest BCUT2D eigenvalue weighted by molar-refractivity contribution is 7.89. The molecule has 6 nitrogen and oxygen atoms in total. The van der Waals surface area contributed by atoms with E-state index in [1.165, 1.54) is 12.1 Å². The van der Waals surface area contributed by atoms with Crippen LogP contribution in [0.4, 0.5) is 4.39 Å². The maximum Gasteiger partial charge on any atom is 0.227 e. The summed E-state index contributed by atoms with van der Waals surface area (Å²) >= 11 is 6.05. The summed E-state index contributed by atoms with van der Waals surface area (Å²) in [5.74, 6) is -0.624. The first kappa shape index (κ1) is 22.7. The highest BCUT2D eigenvalue weighted by Gasteiger charge is 2.25. The second kappa shape index (κ2) is 9.41. The quantitative estimate of drug-likeness (QED) is 0.698. The van der Waals surface area contributed by atoms with Crippen LogP contribution in [0.5, 0.6) is 0 Å². The Labute approximate surface area is 181 Å². The first-order valence-electron chi connectivity index (χ1n) is 9.86. The van der Waals surface area contributed by atoms with Crippen molar-refractivity contribution in [2.45, 2.75) is 46.2 Å². The zero-order valence-corrected chi connectivity index (χ0v) is 18.6. The summed E-state index contributed by atoms with van der Waals surface area (Å²) in [6.07, 6.45) is 2.75. The highest BCUT2D eigenvalue weighted by Crippen LogP contribution is 2.26. The van der Waals surface area contributed by atoms with Gasteiger partial charge in [0, 0.05) is 42.1 Å². The lowest BCUT2D eigenvalue weighted by molar-refractivity contribution is -0.131. The molecule has 1 aromatic heterocycles. The molecular weight excluding hydrogens is 429 g/mol. The molecule has 0 fully saturated rings. The Hall–Kier alpha value is -2.03. The van der Waals surface area contributed by atoms with Crippen LogP contribution < -0.4 is 4.72 Å². The fraction of sp³-hybridized carbons (Fsp3) is 0.429. The summed E-state index contributed by atoms with van der Waals surface area (Å²) in [5.41, 5.74) is 3.73. The predicted molar refractivity (Wildman–Crippen MR) is 114 cm³/mol. The number of rotatable bonds is 7. The van der Waals surface area contributed by atoms with Gasteiger partial charge in [0.2, 0.25) is 15.9 Å². The van der Waals surface area contributed by atoms with E-state index in [4.69, 9.17) is 11.6 Å². The SMILES string of the molecule is CCCS(=O)(=O)NCc1c(C)ncc2c1CCN(C(=O)Cc1c(F)cccc1Cl)C2. The second-order valence-electron chi connectivity index (χ2n) is 7.41. The number of amides is 1. The first-order chi connectivity index (χ1) is 14.2. The predicted octanol–water partition coefficient (Wildman–Crippen LogP) is 3.14. The van der Waals surface area contributed by atoms with Crippen LogP contribution in [-0.2, 0) is 40.7 Å². The Kier molecular flexibility index (Phi) is 7.10. The van der Waals surface area contributed by atoms with Crippen molar-refractivity contribution in [1.82, 2.24) is 14.6 Å². The molecule has 2 aromatic rings. The van der Waals surface area contributed by atoms with E-state index in [2.05, 4.69) is 9.71 Å². The largest absolute Gasteiger partial charge is 0.338 e. The average Bonchev–Trinajstić information content (AvgIpc) is 2.69. The fourth-order valence-electron chi connectivity index (χ4n) is 3.66. The van der Waals surface area contributed by atoms with Crippen LogP contribution in [0.3, 0.4) is 0 Å². The van der Waals surface area contributed by atoms with Crippen molar-refractivity contribution in [3.05, 3.63) is 63.2 Å². The third-order valence-corrected chi connectivity index (χ3v) is 7.16. The van der Waals surface area contributed by atoms with Crippen LogP contribution in [0, 0.1) is 12.7 Å². The maximum absolute atomic E-state index is 14.0. The summed E-state index contributed by atoms with van der Waals surface area (Å²) in [5, 5.41) is 0.236. The number of nitrogens with zero attached hydrogens (tertiary/aromatic N) is 2. The van der Waals surface area contributed by atoms with Crippen molar-refractivity contribution in [2.24, 2.45) is 0 Å². The molecule has 0 atom stereocenters. The van der Waals surface area contributed by atoms with Gasteiger partial charge in [0.1, 0.15) is 5.82 Å². The van der Waals surface area contributed by atoms with Gasteiger partial charge in [-0.05, 0) is 48.6 Å². The van der Waals surface area contributed by atoms with Crippen molar-refractivity contribution in [1.29, 1.82) is 0 Å². The van der Waals surface area contributed by atoms with Gasteiger partial charge in [-0.25, -0.2) is 17.5 Å². The first-order valence-corrected chi connectivity index (χ1v) is 11.9. The van der Waals surface area contributed by atoms with Gasteiger partial charge in [-0.2, -0.15) is 0 Å². The standard InChI is InChI=1S/C21H25ClFN3O3S/c1-3-9-30(28,29)25-12-18-14(2)24-11-15-13-26(8-7-16(15)18)21(27)10-17-19(22)5-4-6-20(17)23/h4-6,11,25H,3,7-10,12-13H2,1-2H3. The lowest BCUT2D eigenvalue weighted by Gasteiger charge is -2.30. The van der Waals surface area contributed by atoms with E-state index >= 15 is 0 Å². The van der Waals surface area contributed by atoms with Crippen molar-refractivity contribution >= 4 is 27.5 Å².